The van der Waals surface area contributed by atoms with E-state index >= 15 is 0 Å². The summed E-state index contributed by atoms with van der Waals surface area (Å²) in [6, 6.07) is 16.7. The molecule has 1 unspecified atom stereocenters. The van der Waals surface area contributed by atoms with Crippen molar-refractivity contribution in [1.29, 1.82) is 0 Å². The predicted octanol–water partition coefficient (Wildman–Crippen LogP) is 2.69. The topological polar surface area (TPSA) is 84.5 Å². The van der Waals surface area contributed by atoms with Gasteiger partial charge in [-0.15, -0.1) is 0 Å². The number of ketones is 1. The van der Waals surface area contributed by atoms with Crippen molar-refractivity contribution in [3.63, 3.8) is 0 Å². The molecular weight excluding hydrogens is 413 g/mol. The fraction of sp³-hybridized carbons (Fsp3) is 0.227. The second-order valence-corrected chi connectivity index (χ2v) is 6.47. The molecule has 0 fully saturated rings. The van der Waals surface area contributed by atoms with Crippen LogP contribution in [-0.2, 0) is 32.1 Å². The number of rotatable bonds is 10. The van der Waals surface area contributed by atoms with Gasteiger partial charge in [0, 0.05) is 25.2 Å². The zero-order valence-electron chi connectivity index (χ0n) is 16.4. The summed E-state index contributed by atoms with van der Waals surface area (Å²) < 4.78 is 42.0. The number of nitrogens with one attached hydrogen (secondary N) is 2. The number of carbonyl (C=O) groups is 3. The van der Waals surface area contributed by atoms with Crippen LogP contribution in [0.2, 0.25) is 0 Å². The molecule has 2 rings (SSSR count). The van der Waals surface area contributed by atoms with Crippen molar-refractivity contribution in [2.75, 3.05) is 6.61 Å². The van der Waals surface area contributed by atoms with Gasteiger partial charge in [-0.1, -0.05) is 60.7 Å². The van der Waals surface area contributed by atoms with Gasteiger partial charge in [0.2, 0.25) is 0 Å². The normalized spacial score (nSPS) is 12.2. The number of esters is 1. The first kappa shape index (κ1) is 23.7. The van der Waals surface area contributed by atoms with E-state index in [4.69, 9.17) is 4.74 Å². The average Bonchev–Trinajstić information content (AvgIpc) is 2.76. The van der Waals surface area contributed by atoms with Crippen molar-refractivity contribution in [2.24, 2.45) is 0 Å². The maximum atomic E-state index is 12.4. The lowest BCUT2D eigenvalue weighted by Gasteiger charge is -2.16. The molecule has 6 nitrogen and oxygen atoms in total. The zero-order valence-corrected chi connectivity index (χ0v) is 16.4. The quantitative estimate of drug-likeness (QED) is 0.444. The number of halogens is 3. The van der Waals surface area contributed by atoms with Crippen LogP contribution in [-0.4, -0.2) is 36.5 Å². The molecule has 0 saturated heterocycles. The Hall–Kier alpha value is -3.62. The van der Waals surface area contributed by atoms with Gasteiger partial charge in [0.1, 0.15) is 6.04 Å². The SMILES string of the molecule is O=C(COC(=O)C(Cc1ccccc1)N/C=C/C(=O)C(F)(F)F)NCc1ccccc1. The molecule has 0 aliphatic heterocycles. The van der Waals surface area contributed by atoms with Crippen LogP contribution in [0.15, 0.2) is 72.9 Å². The smallest absolute Gasteiger partial charge is 0.454 e. The Morgan fingerprint density at radius 3 is 2.10 bits per heavy atom. The highest BCUT2D eigenvalue weighted by molar-refractivity contribution is 5.94. The molecule has 0 aliphatic rings. The van der Waals surface area contributed by atoms with E-state index in [9.17, 15) is 27.6 Å². The van der Waals surface area contributed by atoms with Crippen LogP contribution >= 0.6 is 0 Å². The summed E-state index contributed by atoms with van der Waals surface area (Å²) in [5, 5.41) is 5.04. The first-order valence-electron chi connectivity index (χ1n) is 9.30. The number of allylic oxidation sites excluding steroid dienone is 1. The van der Waals surface area contributed by atoms with E-state index in [-0.39, 0.29) is 19.0 Å². The number of alkyl halides is 3. The van der Waals surface area contributed by atoms with Gasteiger partial charge in [0.25, 0.3) is 11.7 Å². The minimum Gasteiger partial charge on any atom is -0.454 e. The number of ether oxygens (including phenoxy) is 1. The van der Waals surface area contributed by atoms with Crippen molar-refractivity contribution in [1.82, 2.24) is 10.6 Å². The van der Waals surface area contributed by atoms with Crippen LogP contribution in [0.3, 0.4) is 0 Å². The molecule has 9 heteroatoms. The van der Waals surface area contributed by atoms with Crippen LogP contribution in [0.5, 0.6) is 0 Å². The molecule has 31 heavy (non-hydrogen) atoms. The molecule has 2 N–H and O–H groups in total. The molecule has 0 aliphatic carbocycles. The van der Waals surface area contributed by atoms with Crippen molar-refractivity contribution < 1.29 is 32.3 Å². The number of carbonyl (C=O) groups excluding carboxylic acids is 3. The molecular formula is C22H21F3N2O4. The van der Waals surface area contributed by atoms with E-state index in [0.29, 0.717) is 5.56 Å². The van der Waals surface area contributed by atoms with Crippen LogP contribution in [0.4, 0.5) is 13.2 Å². The molecule has 0 heterocycles. The third-order valence-electron chi connectivity index (χ3n) is 4.06. The second-order valence-electron chi connectivity index (χ2n) is 6.47. The molecule has 0 aromatic heterocycles. The van der Waals surface area contributed by atoms with Gasteiger partial charge < -0.3 is 15.4 Å². The van der Waals surface area contributed by atoms with Crippen LogP contribution in [0.25, 0.3) is 0 Å². The van der Waals surface area contributed by atoms with E-state index in [2.05, 4.69) is 10.6 Å². The van der Waals surface area contributed by atoms with E-state index < -0.39 is 36.5 Å². The Morgan fingerprint density at radius 1 is 0.935 bits per heavy atom. The van der Waals surface area contributed by atoms with E-state index in [1.54, 1.807) is 30.3 Å². The molecule has 1 atom stereocenters. The molecule has 2 aromatic carbocycles. The number of benzene rings is 2. The molecule has 1 amide bonds. The van der Waals surface area contributed by atoms with Crippen LogP contribution in [0, 0.1) is 0 Å². The summed E-state index contributed by atoms with van der Waals surface area (Å²) in [6.45, 7) is -0.297. The Labute approximate surface area is 177 Å². The maximum absolute atomic E-state index is 12.4. The Morgan fingerprint density at radius 2 is 1.52 bits per heavy atom. The van der Waals surface area contributed by atoms with E-state index in [0.717, 1.165) is 11.8 Å². The monoisotopic (exact) mass is 434 g/mol. The third-order valence-corrected chi connectivity index (χ3v) is 4.06. The number of hydrogen-bond donors (Lipinski definition) is 2. The van der Waals surface area contributed by atoms with Crippen LogP contribution < -0.4 is 10.6 Å². The summed E-state index contributed by atoms with van der Waals surface area (Å²) in [5.41, 5.74) is 1.58. The maximum Gasteiger partial charge on any atom is 0.454 e. The molecule has 2 aromatic rings. The lowest BCUT2D eigenvalue weighted by Crippen LogP contribution is -2.39. The molecule has 0 bridgehead atoms. The molecule has 164 valence electrons. The second kappa shape index (κ2) is 11.5. The zero-order chi connectivity index (χ0) is 22.7. The minimum atomic E-state index is -5.01. The van der Waals surface area contributed by atoms with Crippen molar-refractivity contribution in [3.8, 4) is 0 Å². The fourth-order valence-electron chi connectivity index (χ4n) is 2.48. The Kier molecular flexibility index (Phi) is 8.80. The lowest BCUT2D eigenvalue weighted by molar-refractivity contribution is -0.165. The number of hydrogen-bond acceptors (Lipinski definition) is 5. The number of amides is 1. The highest BCUT2D eigenvalue weighted by atomic mass is 19.4. The van der Waals surface area contributed by atoms with Crippen LogP contribution in [0.1, 0.15) is 11.1 Å². The summed E-state index contributed by atoms with van der Waals surface area (Å²) in [6.07, 6.45) is -3.89. The minimum absolute atomic E-state index is 0.0792. The summed E-state index contributed by atoms with van der Waals surface area (Å²) in [4.78, 5) is 35.3. The van der Waals surface area contributed by atoms with Crippen molar-refractivity contribution >= 4 is 17.7 Å². The highest BCUT2D eigenvalue weighted by Gasteiger charge is 2.36. The lowest BCUT2D eigenvalue weighted by atomic mass is 10.1. The van der Waals surface area contributed by atoms with Gasteiger partial charge in [-0.2, -0.15) is 13.2 Å². The van der Waals surface area contributed by atoms with Crippen molar-refractivity contribution in [2.45, 2.75) is 25.2 Å². The average molecular weight is 434 g/mol. The van der Waals surface area contributed by atoms with Gasteiger partial charge in [-0.3, -0.25) is 9.59 Å². The van der Waals surface area contributed by atoms with E-state index in [1.807, 2.05) is 30.3 Å². The summed E-state index contributed by atoms with van der Waals surface area (Å²) >= 11 is 0. The predicted molar refractivity (Wildman–Crippen MR) is 107 cm³/mol. The first-order chi connectivity index (χ1) is 14.8. The first-order valence-corrected chi connectivity index (χ1v) is 9.30. The third kappa shape index (κ3) is 8.73. The van der Waals surface area contributed by atoms with E-state index in [1.165, 1.54) is 0 Å². The summed E-state index contributed by atoms with van der Waals surface area (Å²) in [5.74, 6) is -3.44. The van der Waals surface area contributed by atoms with Gasteiger partial charge in [0.05, 0.1) is 0 Å². The van der Waals surface area contributed by atoms with Crippen molar-refractivity contribution in [3.05, 3.63) is 84.1 Å². The van der Waals surface area contributed by atoms with Gasteiger partial charge >= 0.3 is 12.1 Å². The largest absolute Gasteiger partial charge is 0.454 e. The summed E-state index contributed by atoms with van der Waals surface area (Å²) in [7, 11) is 0. The van der Waals surface area contributed by atoms with Gasteiger partial charge in [0.15, 0.2) is 6.61 Å². The fourth-order valence-corrected chi connectivity index (χ4v) is 2.48. The standard InChI is InChI=1S/C22H21F3N2O4/c23-22(24,25)19(28)11-12-26-18(13-16-7-3-1-4-8-16)21(30)31-15-20(29)27-14-17-9-5-2-6-10-17/h1-12,18,26H,13-15H2,(H,27,29)/b12-11+. The Balaban J connectivity index is 1.92. The molecule has 0 spiro atoms. The van der Waals surface area contributed by atoms with Gasteiger partial charge in [-0.05, 0) is 11.1 Å². The molecule has 0 radical (unpaired) electrons. The Bertz CT molecular complexity index is 900. The highest BCUT2D eigenvalue weighted by Crippen LogP contribution is 2.16. The molecule has 0 saturated carbocycles. The van der Waals surface area contributed by atoms with Gasteiger partial charge in [-0.25, -0.2) is 4.79 Å².